The summed E-state index contributed by atoms with van der Waals surface area (Å²) in [5.74, 6) is 0. The third-order valence-corrected chi connectivity index (χ3v) is 9.85. The smallest absolute Gasteiger partial charge is 0.263 e. The number of sulfonamides is 1. The van der Waals surface area contributed by atoms with Crippen LogP contribution in [0.15, 0.2) is 52.3 Å². The van der Waals surface area contributed by atoms with Gasteiger partial charge in [0.25, 0.3) is 6.43 Å². The van der Waals surface area contributed by atoms with Gasteiger partial charge in [-0.1, -0.05) is 29.3 Å². The predicted molar refractivity (Wildman–Crippen MR) is 110 cm³/mol. The van der Waals surface area contributed by atoms with Crippen molar-refractivity contribution in [3.05, 3.63) is 58.1 Å². The van der Waals surface area contributed by atoms with Gasteiger partial charge in [-0.3, -0.25) is 0 Å². The Bertz CT molecular complexity index is 1190. The molecule has 0 radical (unpaired) electrons. The van der Waals surface area contributed by atoms with E-state index in [1.807, 2.05) is 0 Å². The molecule has 1 heterocycles. The Kier molecular flexibility index (Phi) is 6.70. The van der Waals surface area contributed by atoms with Crippen molar-refractivity contribution < 1.29 is 35.8 Å². The molecular weight excluding hydrogens is 499 g/mol. The van der Waals surface area contributed by atoms with Crippen LogP contribution >= 0.6 is 23.2 Å². The third-order valence-electron chi connectivity index (χ3n) is 5.04. The molecule has 1 aliphatic heterocycles. The first-order chi connectivity index (χ1) is 14.3. The molecule has 0 aromatic heterocycles. The fourth-order valence-corrected chi connectivity index (χ4v) is 7.55. The molecule has 2 N–H and O–H groups in total. The van der Waals surface area contributed by atoms with E-state index in [0.29, 0.717) is 4.31 Å². The molecular formula is C18H17Cl2F2NO6S2. The number of β-amino-alcohol motifs (C(OH)–C–C–N with tert-alkyl or cyclic N) is 1. The van der Waals surface area contributed by atoms with Crippen LogP contribution in [0.25, 0.3) is 0 Å². The van der Waals surface area contributed by atoms with Crippen LogP contribution in [-0.4, -0.2) is 61.9 Å². The van der Waals surface area contributed by atoms with Crippen LogP contribution in [0.5, 0.6) is 0 Å². The van der Waals surface area contributed by atoms with Crippen molar-refractivity contribution in [2.24, 2.45) is 0 Å². The molecule has 2 atom stereocenters. The highest BCUT2D eigenvalue weighted by molar-refractivity contribution is 7.92. The summed E-state index contributed by atoms with van der Waals surface area (Å²) in [5.41, 5.74) is -2.79. The zero-order valence-corrected chi connectivity index (χ0v) is 18.8. The van der Waals surface area contributed by atoms with Crippen molar-refractivity contribution in [1.82, 2.24) is 4.31 Å². The summed E-state index contributed by atoms with van der Waals surface area (Å²) in [6.07, 6.45) is -2.87. The minimum Gasteiger partial charge on any atom is -0.393 e. The average molecular weight is 516 g/mol. The van der Waals surface area contributed by atoms with E-state index < -0.39 is 72.3 Å². The van der Waals surface area contributed by atoms with Crippen molar-refractivity contribution >= 4 is 43.1 Å². The van der Waals surface area contributed by atoms with Gasteiger partial charge in [0.2, 0.25) is 10.0 Å². The lowest BCUT2D eigenvalue weighted by Gasteiger charge is -2.26. The van der Waals surface area contributed by atoms with E-state index in [2.05, 4.69) is 0 Å². The molecule has 1 aliphatic rings. The summed E-state index contributed by atoms with van der Waals surface area (Å²) in [5, 5.41) is 18.6. The number of aliphatic hydroxyl groups is 2. The quantitative estimate of drug-likeness (QED) is 0.611. The standard InChI is InChI=1S/C18H17Cl2F2NO6S2/c19-12-2-4-13(5-3-12)30(26,27)16-8-23(9-18(16,25)10-24)31(28,29)15-6-1-11(17(21)22)7-14(15)20/h1-7,16-17,24-25H,8-10H2/t16-,18+/m0/s1. The highest BCUT2D eigenvalue weighted by Crippen LogP contribution is 2.37. The topological polar surface area (TPSA) is 112 Å². The van der Waals surface area contributed by atoms with Gasteiger partial charge in [-0.25, -0.2) is 25.6 Å². The van der Waals surface area contributed by atoms with Gasteiger partial charge in [-0.15, -0.1) is 0 Å². The number of halogens is 4. The Labute approximate surface area is 187 Å². The summed E-state index contributed by atoms with van der Waals surface area (Å²) in [6.45, 7) is -2.46. The fraction of sp³-hybridized carbons (Fsp3) is 0.333. The minimum atomic E-state index is -4.48. The van der Waals surface area contributed by atoms with E-state index in [1.54, 1.807) is 0 Å². The normalized spacial score (nSPS) is 22.9. The predicted octanol–water partition coefficient (Wildman–Crippen LogP) is 2.50. The number of aliphatic hydroxyl groups excluding tert-OH is 1. The van der Waals surface area contributed by atoms with Crippen molar-refractivity contribution in [1.29, 1.82) is 0 Å². The molecule has 170 valence electrons. The zero-order chi connectivity index (χ0) is 23.2. The van der Waals surface area contributed by atoms with Crippen LogP contribution in [0.2, 0.25) is 10.0 Å². The van der Waals surface area contributed by atoms with Crippen LogP contribution in [0.3, 0.4) is 0 Å². The van der Waals surface area contributed by atoms with Crippen molar-refractivity contribution in [2.75, 3.05) is 19.7 Å². The fourth-order valence-electron chi connectivity index (χ4n) is 3.34. The van der Waals surface area contributed by atoms with E-state index in [-0.39, 0.29) is 9.92 Å². The van der Waals surface area contributed by atoms with E-state index in [1.165, 1.54) is 24.3 Å². The van der Waals surface area contributed by atoms with E-state index in [9.17, 15) is 35.8 Å². The van der Waals surface area contributed by atoms with Crippen LogP contribution in [0, 0.1) is 0 Å². The van der Waals surface area contributed by atoms with E-state index in [0.717, 1.165) is 18.2 Å². The lowest BCUT2D eigenvalue weighted by atomic mass is 10.1. The third kappa shape index (κ3) is 4.45. The second kappa shape index (κ2) is 8.54. The zero-order valence-electron chi connectivity index (χ0n) is 15.6. The molecule has 2 aromatic rings. The molecule has 31 heavy (non-hydrogen) atoms. The number of rotatable bonds is 6. The molecule has 3 rings (SSSR count). The number of hydrogen-bond acceptors (Lipinski definition) is 6. The maximum absolute atomic E-state index is 13.1. The van der Waals surface area contributed by atoms with E-state index in [4.69, 9.17) is 23.2 Å². The summed E-state index contributed by atoms with van der Waals surface area (Å²) >= 11 is 11.7. The van der Waals surface area contributed by atoms with Gasteiger partial charge in [0, 0.05) is 23.7 Å². The molecule has 0 unspecified atom stereocenters. The highest BCUT2D eigenvalue weighted by atomic mass is 35.5. The van der Waals surface area contributed by atoms with Gasteiger partial charge in [-0.05, 0) is 36.4 Å². The summed E-state index contributed by atoms with van der Waals surface area (Å²) < 4.78 is 78.6. The summed E-state index contributed by atoms with van der Waals surface area (Å²) in [7, 11) is -8.76. The maximum atomic E-state index is 13.1. The molecule has 0 spiro atoms. The average Bonchev–Trinajstić information content (AvgIpc) is 3.08. The molecule has 1 saturated heterocycles. The first kappa shape index (κ1) is 24.3. The number of hydrogen-bond donors (Lipinski definition) is 2. The molecule has 1 fully saturated rings. The van der Waals surface area contributed by atoms with Crippen molar-refractivity contribution in [3.8, 4) is 0 Å². The first-order valence-corrected chi connectivity index (χ1v) is 12.5. The first-order valence-electron chi connectivity index (χ1n) is 8.73. The second-order valence-corrected chi connectivity index (χ2v) is 11.9. The Morgan fingerprint density at radius 2 is 1.71 bits per heavy atom. The van der Waals surface area contributed by atoms with Crippen molar-refractivity contribution in [3.63, 3.8) is 0 Å². The molecule has 0 amide bonds. The minimum absolute atomic E-state index is 0.215. The Morgan fingerprint density at radius 3 is 2.23 bits per heavy atom. The number of benzene rings is 2. The van der Waals surface area contributed by atoms with Gasteiger partial charge >= 0.3 is 0 Å². The Morgan fingerprint density at radius 1 is 1.10 bits per heavy atom. The number of alkyl halides is 2. The lowest BCUT2D eigenvalue weighted by Crippen LogP contribution is -2.49. The number of sulfone groups is 1. The van der Waals surface area contributed by atoms with Crippen LogP contribution < -0.4 is 0 Å². The van der Waals surface area contributed by atoms with Gasteiger partial charge < -0.3 is 10.2 Å². The van der Waals surface area contributed by atoms with Crippen LogP contribution in [0.4, 0.5) is 8.78 Å². The largest absolute Gasteiger partial charge is 0.393 e. The van der Waals surface area contributed by atoms with Gasteiger partial charge in [0.05, 0.1) is 16.5 Å². The van der Waals surface area contributed by atoms with Crippen molar-refractivity contribution in [2.45, 2.75) is 27.1 Å². The monoisotopic (exact) mass is 515 g/mol. The molecule has 0 aliphatic carbocycles. The molecule has 0 bridgehead atoms. The second-order valence-electron chi connectivity index (χ2n) is 7.04. The number of nitrogens with zero attached hydrogens (tertiary/aromatic N) is 1. The Hall–Kier alpha value is -1.34. The SMILES string of the molecule is O=S(=O)(c1ccc(Cl)cc1)[C@H]1CN(S(=O)(=O)c2ccc(C(F)F)cc2Cl)C[C@@]1(O)CO. The van der Waals surface area contributed by atoms with Gasteiger partial charge in [-0.2, -0.15) is 4.31 Å². The molecule has 0 saturated carbocycles. The lowest BCUT2D eigenvalue weighted by molar-refractivity contribution is 0.00160. The Balaban J connectivity index is 2.01. The summed E-state index contributed by atoms with van der Waals surface area (Å²) in [4.78, 5) is -0.740. The van der Waals surface area contributed by atoms with Gasteiger partial charge in [0.1, 0.15) is 15.7 Å². The highest BCUT2D eigenvalue weighted by Gasteiger charge is 2.55. The van der Waals surface area contributed by atoms with Crippen LogP contribution in [0.1, 0.15) is 12.0 Å². The molecule has 13 heteroatoms. The maximum Gasteiger partial charge on any atom is 0.263 e. The van der Waals surface area contributed by atoms with Crippen LogP contribution in [-0.2, 0) is 19.9 Å². The molecule has 7 nitrogen and oxygen atoms in total. The molecule has 2 aromatic carbocycles. The van der Waals surface area contributed by atoms with Gasteiger partial charge in [0.15, 0.2) is 9.84 Å². The van der Waals surface area contributed by atoms with E-state index >= 15 is 0 Å². The summed E-state index contributed by atoms with van der Waals surface area (Å²) in [6, 6.07) is 7.62.